The number of nitro groups is 1. The van der Waals surface area contributed by atoms with Gasteiger partial charge in [-0.15, -0.1) is 0 Å². The molecule has 0 aliphatic heterocycles. The Morgan fingerprint density at radius 3 is 2.67 bits per heavy atom. The number of hydrogen-bond donors (Lipinski definition) is 1. The number of furan rings is 1. The number of halogens is 1. The zero-order chi connectivity index (χ0) is 23.5. The van der Waals surface area contributed by atoms with Crippen LogP contribution in [0.15, 0.2) is 74.5 Å². The molecule has 0 spiro atoms. The van der Waals surface area contributed by atoms with Crippen molar-refractivity contribution in [1.82, 2.24) is 5.32 Å². The fourth-order valence-corrected chi connectivity index (χ4v) is 3.12. The van der Waals surface area contributed by atoms with Gasteiger partial charge in [0.1, 0.15) is 27.7 Å². The van der Waals surface area contributed by atoms with E-state index in [2.05, 4.69) is 5.32 Å². The van der Waals surface area contributed by atoms with Gasteiger partial charge in [-0.05, 0) is 42.5 Å². The number of fused-ring (bicyclic) bond motifs is 1. The molecular formula is C22H13ClN2O8. The van der Waals surface area contributed by atoms with Crippen LogP contribution in [0, 0.1) is 10.1 Å². The largest absolute Gasteiger partial charge is 0.467 e. The number of nitrogens with one attached hydrogen (secondary N) is 1. The van der Waals surface area contributed by atoms with Crippen LogP contribution in [0.25, 0.3) is 11.0 Å². The van der Waals surface area contributed by atoms with E-state index in [1.165, 1.54) is 42.7 Å². The van der Waals surface area contributed by atoms with Gasteiger partial charge in [-0.3, -0.25) is 14.9 Å². The zero-order valence-corrected chi connectivity index (χ0v) is 17.3. The predicted octanol–water partition coefficient (Wildman–Crippen LogP) is 4.10. The van der Waals surface area contributed by atoms with Crippen molar-refractivity contribution in [1.29, 1.82) is 0 Å². The van der Waals surface area contributed by atoms with Gasteiger partial charge in [0.05, 0.1) is 23.3 Å². The lowest BCUT2D eigenvalue weighted by atomic mass is 10.1. The van der Waals surface area contributed by atoms with Crippen LogP contribution in [-0.2, 0) is 6.54 Å². The summed E-state index contributed by atoms with van der Waals surface area (Å²) in [7, 11) is 0. The highest BCUT2D eigenvalue weighted by atomic mass is 35.5. The molecule has 10 nitrogen and oxygen atoms in total. The highest BCUT2D eigenvalue weighted by Gasteiger charge is 2.19. The van der Waals surface area contributed by atoms with Crippen molar-refractivity contribution in [2.75, 3.05) is 0 Å². The molecule has 0 fully saturated rings. The molecule has 0 saturated heterocycles. The number of nitro benzene ring substituents is 1. The number of hydrogen-bond acceptors (Lipinski definition) is 8. The molecule has 11 heteroatoms. The normalized spacial score (nSPS) is 10.7. The monoisotopic (exact) mass is 468 g/mol. The molecule has 2 aromatic heterocycles. The Hall–Kier alpha value is -4.44. The SMILES string of the molecule is O=C(Oc1ccc2cc(C(=O)NCc3ccco3)c(=O)oc2c1)c1ccc(Cl)c([N+](=O)[O-])c1. The molecule has 1 amide bonds. The van der Waals surface area contributed by atoms with Gasteiger partial charge in [0, 0.05) is 17.5 Å². The summed E-state index contributed by atoms with van der Waals surface area (Å²) in [5.41, 5.74) is -1.52. The third kappa shape index (κ3) is 4.75. The minimum absolute atomic E-state index is 0.0308. The Morgan fingerprint density at radius 1 is 1.12 bits per heavy atom. The van der Waals surface area contributed by atoms with Gasteiger partial charge in [-0.25, -0.2) is 9.59 Å². The maximum Gasteiger partial charge on any atom is 0.349 e. The second kappa shape index (κ2) is 8.97. The smallest absolute Gasteiger partial charge is 0.349 e. The summed E-state index contributed by atoms with van der Waals surface area (Å²) in [6.45, 7) is 0.0983. The summed E-state index contributed by atoms with van der Waals surface area (Å²) < 4.78 is 15.6. The van der Waals surface area contributed by atoms with Gasteiger partial charge in [-0.2, -0.15) is 0 Å². The second-order valence-electron chi connectivity index (χ2n) is 6.72. The molecule has 0 saturated carbocycles. The van der Waals surface area contributed by atoms with E-state index in [9.17, 15) is 24.5 Å². The van der Waals surface area contributed by atoms with E-state index in [-0.39, 0.29) is 34.0 Å². The van der Waals surface area contributed by atoms with Crippen LogP contribution in [0.2, 0.25) is 5.02 Å². The summed E-state index contributed by atoms with van der Waals surface area (Å²) in [6, 6.07) is 12.4. The van der Waals surface area contributed by atoms with Crippen LogP contribution in [0.3, 0.4) is 0 Å². The van der Waals surface area contributed by atoms with Crippen molar-refractivity contribution in [2.45, 2.75) is 6.54 Å². The Morgan fingerprint density at radius 2 is 1.94 bits per heavy atom. The van der Waals surface area contributed by atoms with Gasteiger partial charge in [0.15, 0.2) is 0 Å². The van der Waals surface area contributed by atoms with E-state index in [0.29, 0.717) is 11.1 Å². The third-order valence-electron chi connectivity index (χ3n) is 4.54. The van der Waals surface area contributed by atoms with Crippen LogP contribution in [0.1, 0.15) is 26.5 Å². The lowest BCUT2D eigenvalue weighted by Gasteiger charge is -2.07. The fraction of sp³-hybridized carbons (Fsp3) is 0.0455. The number of rotatable bonds is 6. The van der Waals surface area contributed by atoms with Gasteiger partial charge in [0.25, 0.3) is 11.6 Å². The van der Waals surface area contributed by atoms with Gasteiger partial charge < -0.3 is 18.9 Å². The summed E-state index contributed by atoms with van der Waals surface area (Å²) in [5.74, 6) is -0.957. The van der Waals surface area contributed by atoms with E-state index < -0.39 is 28.1 Å². The third-order valence-corrected chi connectivity index (χ3v) is 4.86. The lowest BCUT2D eigenvalue weighted by Crippen LogP contribution is -2.27. The van der Waals surface area contributed by atoms with E-state index in [1.54, 1.807) is 12.1 Å². The van der Waals surface area contributed by atoms with Crippen molar-refractivity contribution in [3.05, 3.63) is 103 Å². The summed E-state index contributed by atoms with van der Waals surface area (Å²) in [6.07, 6.45) is 1.46. The average Bonchev–Trinajstić information content (AvgIpc) is 3.30. The quantitative estimate of drug-likeness (QED) is 0.146. The first-order chi connectivity index (χ1) is 15.8. The number of ether oxygens (including phenoxy) is 1. The molecule has 0 bridgehead atoms. The number of carbonyl (C=O) groups excluding carboxylic acids is 2. The molecule has 166 valence electrons. The van der Waals surface area contributed by atoms with E-state index in [0.717, 1.165) is 6.07 Å². The molecule has 4 aromatic rings. The lowest BCUT2D eigenvalue weighted by molar-refractivity contribution is -0.384. The standard InChI is InChI=1S/C22H13ClN2O8/c23-17-6-4-13(9-18(17)25(29)30)21(27)32-14-5-3-12-8-16(22(28)33-19(12)10-14)20(26)24-11-15-2-1-7-31-15/h1-10H,11H2,(H,24,26). The highest BCUT2D eigenvalue weighted by Crippen LogP contribution is 2.26. The first-order valence-electron chi connectivity index (χ1n) is 9.36. The topological polar surface area (TPSA) is 142 Å². The van der Waals surface area contributed by atoms with Crippen LogP contribution in [0.5, 0.6) is 5.75 Å². The van der Waals surface area contributed by atoms with Crippen molar-refractivity contribution in [2.24, 2.45) is 0 Å². The van der Waals surface area contributed by atoms with E-state index >= 15 is 0 Å². The first kappa shape index (κ1) is 21.8. The van der Waals surface area contributed by atoms with Crippen molar-refractivity contribution >= 4 is 40.1 Å². The van der Waals surface area contributed by atoms with Crippen LogP contribution >= 0.6 is 11.6 Å². The minimum Gasteiger partial charge on any atom is -0.467 e. The maximum atomic E-state index is 12.4. The zero-order valence-electron chi connectivity index (χ0n) is 16.6. The molecule has 0 atom stereocenters. The Kier molecular flexibility index (Phi) is 5.92. The highest BCUT2D eigenvalue weighted by molar-refractivity contribution is 6.32. The van der Waals surface area contributed by atoms with E-state index in [4.69, 9.17) is 25.2 Å². The number of amides is 1. The molecule has 4 rings (SSSR count). The van der Waals surface area contributed by atoms with Gasteiger partial charge in [-0.1, -0.05) is 11.6 Å². The maximum absolute atomic E-state index is 12.4. The molecule has 0 radical (unpaired) electrons. The van der Waals surface area contributed by atoms with Crippen molar-refractivity contribution in [3.8, 4) is 5.75 Å². The Bertz CT molecular complexity index is 1440. The molecule has 0 unspecified atom stereocenters. The molecular weight excluding hydrogens is 456 g/mol. The average molecular weight is 469 g/mol. The molecule has 33 heavy (non-hydrogen) atoms. The molecule has 0 aliphatic carbocycles. The predicted molar refractivity (Wildman–Crippen MR) is 115 cm³/mol. The number of nitrogens with zero attached hydrogens (tertiary/aromatic N) is 1. The number of carbonyl (C=O) groups is 2. The van der Waals surface area contributed by atoms with Crippen LogP contribution in [0.4, 0.5) is 5.69 Å². The minimum atomic E-state index is -0.878. The summed E-state index contributed by atoms with van der Waals surface area (Å²) in [5, 5.41) is 13.9. The number of esters is 1. The van der Waals surface area contributed by atoms with Crippen molar-refractivity contribution in [3.63, 3.8) is 0 Å². The van der Waals surface area contributed by atoms with Crippen molar-refractivity contribution < 1.29 is 28.1 Å². The van der Waals surface area contributed by atoms with Crippen LogP contribution in [-0.4, -0.2) is 16.8 Å². The fourth-order valence-electron chi connectivity index (χ4n) is 2.93. The van der Waals surface area contributed by atoms with Gasteiger partial charge in [0.2, 0.25) is 0 Å². The molecule has 2 heterocycles. The number of benzene rings is 2. The van der Waals surface area contributed by atoms with Gasteiger partial charge >= 0.3 is 11.6 Å². The van der Waals surface area contributed by atoms with Crippen LogP contribution < -0.4 is 15.7 Å². The summed E-state index contributed by atoms with van der Waals surface area (Å²) in [4.78, 5) is 47.3. The van der Waals surface area contributed by atoms with E-state index in [1.807, 2.05) is 0 Å². The first-order valence-corrected chi connectivity index (χ1v) is 9.74. The molecule has 2 aromatic carbocycles. The Labute approximate surface area is 189 Å². The second-order valence-corrected chi connectivity index (χ2v) is 7.13. The summed E-state index contributed by atoms with van der Waals surface area (Å²) >= 11 is 5.75. The molecule has 1 N–H and O–H groups in total. The Balaban J connectivity index is 1.54. The molecule has 0 aliphatic rings.